The lowest BCUT2D eigenvalue weighted by Gasteiger charge is -2.32. The van der Waals surface area contributed by atoms with Crippen LogP contribution in [0.4, 0.5) is 0 Å². The normalized spacial score (nSPS) is 18.1. The zero-order valence-corrected chi connectivity index (χ0v) is 14.1. The Morgan fingerprint density at radius 1 is 1.42 bits per heavy atom. The molecule has 1 aromatic heterocycles. The molecule has 0 radical (unpaired) electrons. The molecule has 128 valence electrons. The van der Waals surface area contributed by atoms with Crippen molar-refractivity contribution in [2.45, 2.75) is 19.6 Å². The molecule has 1 fully saturated rings. The number of ether oxygens (including phenoxy) is 1. The second-order valence-corrected chi connectivity index (χ2v) is 6.14. The number of H-pyrrole nitrogens is 1. The average Bonchev–Trinajstić information content (AvgIpc) is 3.02. The number of nitrogens with zero attached hydrogens (tertiary/aromatic N) is 4. The van der Waals surface area contributed by atoms with Gasteiger partial charge in [-0.05, 0) is 19.5 Å². The summed E-state index contributed by atoms with van der Waals surface area (Å²) in [7, 11) is 1.96. The summed E-state index contributed by atoms with van der Waals surface area (Å²) in [6, 6.07) is 10.1. The van der Waals surface area contributed by atoms with Gasteiger partial charge in [0.2, 0.25) is 5.91 Å². The predicted octanol–water partition coefficient (Wildman–Crippen LogP) is 1.15. The largest absolute Gasteiger partial charge is 0.366 e. The molecule has 1 unspecified atom stereocenters. The van der Waals surface area contributed by atoms with Crippen molar-refractivity contribution in [1.82, 2.24) is 25.0 Å². The molecule has 1 atom stereocenters. The van der Waals surface area contributed by atoms with E-state index >= 15 is 0 Å². The standard InChI is InChI=1S/C17H23N5O2/c1-13-18-17(20-19-13)15-11-22(8-9-24-15)16(23)12-21(2)10-14-6-4-3-5-7-14/h3-7,15H,8-12H2,1-2H3,(H,18,19,20). The first-order valence-corrected chi connectivity index (χ1v) is 8.12. The maximum absolute atomic E-state index is 12.6. The van der Waals surface area contributed by atoms with E-state index in [4.69, 9.17) is 4.74 Å². The van der Waals surface area contributed by atoms with Gasteiger partial charge in [0, 0.05) is 13.1 Å². The second-order valence-electron chi connectivity index (χ2n) is 6.14. The van der Waals surface area contributed by atoms with Gasteiger partial charge in [-0.3, -0.25) is 14.8 Å². The Labute approximate surface area is 141 Å². The fourth-order valence-corrected chi connectivity index (χ4v) is 2.82. The Morgan fingerprint density at radius 3 is 2.92 bits per heavy atom. The van der Waals surface area contributed by atoms with E-state index in [-0.39, 0.29) is 12.0 Å². The molecule has 1 aromatic carbocycles. The summed E-state index contributed by atoms with van der Waals surface area (Å²) in [5.41, 5.74) is 1.20. The third-order valence-corrected chi connectivity index (χ3v) is 4.02. The number of hydrogen-bond donors (Lipinski definition) is 1. The summed E-state index contributed by atoms with van der Waals surface area (Å²) >= 11 is 0. The zero-order valence-electron chi connectivity index (χ0n) is 14.1. The minimum Gasteiger partial charge on any atom is -0.366 e. The lowest BCUT2D eigenvalue weighted by Crippen LogP contribution is -2.46. The maximum atomic E-state index is 12.6. The molecular weight excluding hydrogens is 306 g/mol. The number of aromatic amines is 1. The van der Waals surface area contributed by atoms with E-state index in [1.807, 2.05) is 42.0 Å². The Hall–Kier alpha value is -2.25. The van der Waals surface area contributed by atoms with Gasteiger partial charge in [-0.25, -0.2) is 4.98 Å². The Morgan fingerprint density at radius 2 is 2.21 bits per heavy atom. The highest BCUT2D eigenvalue weighted by Gasteiger charge is 2.28. The van der Waals surface area contributed by atoms with Gasteiger partial charge in [-0.1, -0.05) is 30.3 Å². The fourth-order valence-electron chi connectivity index (χ4n) is 2.82. The molecule has 2 aromatic rings. The number of carbonyl (C=O) groups is 1. The van der Waals surface area contributed by atoms with E-state index < -0.39 is 0 Å². The molecule has 1 aliphatic heterocycles. The SMILES string of the molecule is Cc1nc(C2CN(C(=O)CN(C)Cc3ccccc3)CCO2)n[nH]1. The van der Waals surface area contributed by atoms with E-state index in [2.05, 4.69) is 27.3 Å². The highest BCUT2D eigenvalue weighted by molar-refractivity contribution is 5.78. The van der Waals surface area contributed by atoms with Gasteiger partial charge in [0.05, 0.1) is 19.7 Å². The summed E-state index contributed by atoms with van der Waals surface area (Å²) in [6.07, 6.45) is -0.257. The topological polar surface area (TPSA) is 74.3 Å². The maximum Gasteiger partial charge on any atom is 0.236 e. The van der Waals surface area contributed by atoms with E-state index in [1.165, 1.54) is 5.56 Å². The van der Waals surface area contributed by atoms with Crippen LogP contribution in [-0.4, -0.2) is 64.2 Å². The van der Waals surface area contributed by atoms with Gasteiger partial charge in [0.25, 0.3) is 0 Å². The molecule has 1 amide bonds. The molecule has 0 spiro atoms. The van der Waals surface area contributed by atoms with Crippen LogP contribution in [0.25, 0.3) is 0 Å². The number of carbonyl (C=O) groups excluding carboxylic acids is 1. The quantitative estimate of drug-likeness (QED) is 0.890. The second kappa shape index (κ2) is 7.55. The van der Waals surface area contributed by atoms with Crippen LogP contribution < -0.4 is 0 Å². The van der Waals surface area contributed by atoms with Crippen molar-refractivity contribution in [1.29, 1.82) is 0 Å². The molecular formula is C17H23N5O2. The molecule has 1 aliphatic rings. The van der Waals surface area contributed by atoms with Crippen molar-refractivity contribution in [2.75, 3.05) is 33.3 Å². The lowest BCUT2D eigenvalue weighted by atomic mass is 10.2. The summed E-state index contributed by atoms with van der Waals surface area (Å²) < 4.78 is 5.71. The Bertz CT molecular complexity index is 673. The van der Waals surface area contributed by atoms with Crippen LogP contribution in [0.2, 0.25) is 0 Å². The van der Waals surface area contributed by atoms with E-state index in [0.717, 1.165) is 12.4 Å². The summed E-state index contributed by atoms with van der Waals surface area (Å²) in [5, 5.41) is 6.96. The van der Waals surface area contributed by atoms with Crippen molar-refractivity contribution >= 4 is 5.91 Å². The van der Waals surface area contributed by atoms with Crippen molar-refractivity contribution in [3.63, 3.8) is 0 Å². The molecule has 24 heavy (non-hydrogen) atoms. The fraction of sp³-hybridized carbons (Fsp3) is 0.471. The molecule has 0 aliphatic carbocycles. The van der Waals surface area contributed by atoms with Gasteiger partial charge < -0.3 is 9.64 Å². The van der Waals surface area contributed by atoms with Crippen molar-refractivity contribution in [2.24, 2.45) is 0 Å². The Balaban J connectivity index is 1.54. The average molecular weight is 329 g/mol. The van der Waals surface area contributed by atoms with Crippen molar-refractivity contribution < 1.29 is 9.53 Å². The van der Waals surface area contributed by atoms with Crippen LogP contribution in [-0.2, 0) is 16.1 Å². The first-order valence-electron chi connectivity index (χ1n) is 8.12. The van der Waals surface area contributed by atoms with Gasteiger partial charge in [0.1, 0.15) is 11.9 Å². The summed E-state index contributed by atoms with van der Waals surface area (Å²) in [5.74, 6) is 1.47. The number of likely N-dealkylation sites (N-methyl/N-ethyl adjacent to an activating group) is 1. The monoisotopic (exact) mass is 329 g/mol. The molecule has 3 rings (SSSR count). The van der Waals surface area contributed by atoms with Crippen LogP contribution in [0.1, 0.15) is 23.3 Å². The number of nitrogens with one attached hydrogen (secondary N) is 1. The molecule has 1 N–H and O–H groups in total. The van der Waals surface area contributed by atoms with Gasteiger partial charge in [-0.2, -0.15) is 5.10 Å². The van der Waals surface area contributed by atoms with Gasteiger partial charge >= 0.3 is 0 Å². The highest BCUT2D eigenvalue weighted by Crippen LogP contribution is 2.19. The first kappa shape index (κ1) is 16.6. The van der Waals surface area contributed by atoms with Crippen LogP contribution >= 0.6 is 0 Å². The Kier molecular flexibility index (Phi) is 5.22. The minimum atomic E-state index is -0.257. The molecule has 1 saturated heterocycles. The number of hydrogen-bond acceptors (Lipinski definition) is 5. The number of morpholine rings is 1. The van der Waals surface area contributed by atoms with Crippen molar-refractivity contribution in [3.8, 4) is 0 Å². The molecule has 7 nitrogen and oxygen atoms in total. The number of aromatic nitrogens is 3. The predicted molar refractivity (Wildman–Crippen MR) is 89.2 cm³/mol. The van der Waals surface area contributed by atoms with Gasteiger partial charge in [0.15, 0.2) is 5.82 Å². The zero-order chi connectivity index (χ0) is 16.9. The molecule has 2 heterocycles. The van der Waals surface area contributed by atoms with E-state index in [0.29, 0.717) is 32.1 Å². The lowest BCUT2D eigenvalue weighted by molar-refractivity contribution is -0.140. The summed E-state index contributed by atoms with van der Waals surface area (Å²) in [6.45, 7) is 4.59. The van der Waals surface area contributed by atoms with Crippen LogP contribution in [0.3, 0.4) is 0 Å². The third-order valence-electron chi connectivity index (χ3n) is 4.02. The molecule has 0 bridgehead atoms. The van der Waals surface area contributed by atoms with Crippen molar-refractivity contribution in [3.05, 3.63) is 47.5 Å². The van der Waals surface area contributed by atoms with Crippen LogP contribution in [0.5, 0.6) is 0 Å². The summed E-state index contributed by atoms with van der Waals surface area (Å²) in [4.78, 5) is 20.7. The number of benzene rings is 1. The molecule has 7 heteroatoms. The minimum absolute atomic E-state index is 0.106. The number of amides is 1. The van der Waals surface area contributed by atoms with Crippen LogP contribution in [0, 0.1) is 6.92 Å². The van der Waals surface area contributed by atoms with Gasteiger partial charge in [-0.15, -0.1) is 0 Å². The number of aryl methyl sites for hydroxylation is 1. The first-order chi connectivity index (χ1) is 11.6. The highest BCUT2D eigenvalue weighted by atomic mass is 16.5. The smallest absolute Gasteiger partial charge is 0.236 e. The van der Waals surface area contributed by atoms with E-state index in [9.17, 15) is 4.79 Å². The van der Waals surface area contributed by atoms with E-state index in [1.54, 1.807) is 0 Å². The number of rotatable bonds is 5. The molecule has 0 saturated carbocycles. The third kappa shape index (κ3) is 4.18. The van der Waals surface area contributed by atoms with Crippen LogP contribution in [0.15, 0.2) is 30.3 Å².